The van der Waals surface area contributed by atoms with Gasteiger partial charge in [-0.1, -0.05) is 11.6 Å². The molecule has 0 amide bonds. The molecule has 4 heteroatoms. The summed E-state index contributed by atoms with van der Waals surface area (Å²) in [5.41, 5.74) is 1.87. The zero-order valence-corrected chi connectivity index (χ0v) is 7.72. The second-order valence-electron chi connectivity index (χ2n) is 2.12. The summed E-state index contributed by atoms with van der Waals surface area (Å²) < 4.78 is 0.699. The maximum absolute atomic E-state index is 5.71. The summed E-state index contributed by atoms with van der Waals surface area (Å²) in [5, 5.41) is 4.58. The minimum atomic E-state index is 0.484. The molecule has 0 aromatic carbocycles. The number of pyridine rings is 1. The molecule has 2 rings (SSSR count). The summed E-state index contributed by atoms with van der Waals surface area (Å²) in [6.07, 6.45) is 3.63. The normalized spacial score (nSPS) is 12.9. The van der Waals surface area contributed by atoms with Crippen molar-refractivity contribution >= 4 is 39.3 Å². The molecule has 0 spiro atoms. The fourth-order valence-electron chi connectivity index (χ4n) is 0.942. The molecule has 0 saturated heterocycles. The first-order valence-corrected chi connectivity index (χ1v) is 4.18. The number of hydrogen-bond acceptors (Lipinski definition) is 1. The molecule has 2 nitrogen and oxygen atoms in total. The maximum atomic E-state index is 5.71. The van der Waals surface area contributed by atoms with Crippen LogP contribution in [-0.4, -0.2) is 4.98 Å². The average molecular weight is 230 g/mol. The zero-order chi connectivity index (χ0) is 7.84. The highest BCUT2D eigenvalue weighted by Crippen LogP contribution is 2.31. The molecule has 1 aromatic heterocycles. The van der Waals surface area contributed by atoms with Crippen LogP contribution in [0.5, 0.6) is 0 Å². The lowest BCUT2D eigenvalue weighted by atomic mass is 10.2. The van der Waals surface area contributed by atoms with Crippen LogP contribution >= 0.6 is 27.5 Å². The Bertz CT molecular complexity index is 335. The van der Waals surface area contributed by atoms with Crippen molar-refractivity contribution in [3.63, 3.8) is 0 Å². The van der Waals surface area contributed by atoms with Gasteiger partial charge in [0.25, 0.3) is 0 Å². The van der Waals surface area contributed by atoms with Crippen molar-refractivity contribution < 1.29 is 0 Å². The molecule has 0 atom stereocenters. The van der Waals surface area contributed by atoms with E-state index in [4.69, 9.17) is 11.6 Å². The lowest BCUT2D eigenvalue weighted by molar-refractivity contribution is 1.15. The Hall–Kier alpha value is -0.540. The first-order chi connectivity index (χ1) is 5.27. The molecule has 0 saturated carbocycles. The van der Waals surface area contributed by atoms with E-state index in [1.54, 1.807) is 12.3 Å². The van der Waals surface area contributed by atoms with Gasteiger partial charge in [0, 0.05) is 11.8 Å². The summed E-state index contributed by atoms with van der Waals surface area (Å²) in [6, 6.07) is 1.79. The SMILES string of the molecule is Clc1cc2c(c(Br)n1)[N]C=C2. The van der Waals surface area contributed by atoms with E-state index in [0.29, 0.717) is 9.76 Å². The van der Waals surface area contributed by atoms with Crippen LogP contribution < -0.4 is 5.32 Å². The molecule has 1 aliphatic heterocycles. The van der Waals surface area contributed by atoms with E-state index >= 15 is 0 Å². The third-order valence-corrected chi connectivity index (χ3v) is 2.15. The van der Waals surface area contributed by atoms with Gasteiger partial charge in [-0.2, -0.15) is 0 Å². The smallest absolute Gasteiger partial charge is 0.134 e. The third-order valence-electron chi connectivity index (χ3n) is 1.41. The van der Waals surface area contributed by atoms with Crippen LogP contribution in [0.25, 0.3) is 6.08 Å². The molecule has 2 heterocycles. The second kappa shape index (κ2) is 2.50. The standard InChI is InChI=1S/C7H3BrClN2/c8-7-6-4(1-2-10-6)3-5(9)11-7/h1-3H. The van der Waals surface area contributed by atoms with Crippen LogP contribution in [0.4, 0.5) is 5.69 Å². The van der Waals surface area contributed by atoms with E-state index in [2.05, 4.69) is 26.2 Å². The van der Waals surface area contributed by atoms with Gasteiger partial charge in [0.15, 0.2) is 0 Å². The first-order valence-electron chi connectivity index (χ1n) is 3.01. The van der Waals surface area contributed by atoms with Crippen LogP contribution in [0.3, 0.4) is 0 Å². The molecule has 0 aliphatic carbocycles. The van der Waals surface area contributed by atoms with Crippen molar-refractivity contribution in [3.05, 3.63) is 27.6 Å². The van der Waals surface area contributed by atoms with E-state index in [-0.39, 0.29) is 0 Å². The van der Waals surface area contributed by atoms with Crippen molar-refractivity contribution in [2.45, 2.75) is 0 Å². The van der Waals surface area contributed by atoms with Gasteiger partial charge in [0.1, 0.15) is 15.4 Å². The van der Waals surface area contributed by atoms with E-state index < -0.39 is 0 Å². The Kier molecular flexibility index (Phi) is 1.62. The molecule has 11 heavy (non-hydrogen) atoms. The van der Waals surface area contributed by atoms with Gasteiger partial charge >= 0.3 is 0 Å². The maximum Gasteiger partial charge on any atom is 0.134 e. The highest BCUT2D eigenvalue weighted by atomic mass is 79.9. The molecule has 1 radical (unpaired) electrons. The van der Waals surface area contributed by atoms with Gasteiger partial charge in [0.2, 0.25) is 0 Å². The van der Waals surface area contributed by atoms with Crippen molar-refractivity contribution in [2.24, 2.45) is 0 Å². The molecule has 0 fully saturated rings. The summed E-state index contributed by atoms with van der Waals surface area (Å²) >= 11 is 8.98. The highest BCUT2D eigenvalue weighted by molar-refractivity contribution is 9.10. The average Bonchev–Trinajstić information content (AvgIpc) is 2.34. The predicted molar refractivity (Wildman–Crippen MR) is 47.8 cm³/mol. The molecule has 1 aromatic rings. The Labute approximate surface area is 77.4 Å². The monoisotopic (exact) mass is 229 g/mol. The Balaban J connectivity index is 2.66. The van der Waals surface area contributed by atoms with Gasteiger partial charge in [-0.05, 0) is 28.1 Å². The van der Waals surface area contributed by atoms with Crippen molar-refractivity contribution in [3.8, 4) is 0 Å². The Morgan fingerprint density at radius 3 is 3.09 bits per heavy atom. The van der Waals surface area contributed by atoms with Crippen LogP contribution in [0.1, 0.15) is 5.56 Å². The summed E-state index contributed by atoms with van der Waals surface area (Å²) in [4.78, 5) is 3.99. The van der Waals surface area contributed by atoms with E-state index in [1.165, 1.54) is 0 Å². The second-order valence-corrected chi connectivity index (χ2v) is 3.26. The topological polar surface area (TPSA) is 27.0 Å². The van der Waals surface area contributed by atoms with Gasteiger partial charge in [0.05, 0.1) is 0 Å². The minimum absolute atomic E-state index is 0.484. The van der Waals surface area contributed by atoms with Crippen LogP contribution in [0.2, 0.25) is 5.15 Å². The van der Waals surface area contributed by atoms with Gasteiger partial charge in [-0.25, -0.2) is 4.98 Å². The lowest BCUT2D eigenvalue weighted by Gasteiger charge is -1.99. The van der Waals surface area contributed by atoms with Crippen LogP contribution in [-0.2, 0) is 0 Å². The van der Waals surface area contributed by atoms with Gasteiger partial charge < -0.3 is 0 Å². The van der Waals surface area contributed by atoms with Gasteiger partial charge in [-0.15, -0.1) is 0 Å². The van der Waals surface area contributed by atoms with E-state index in [1.807, 2.05) is 6.08 Å². The summed E-state index contributed by atoms with van der Waals surface area (Å²) in [5.74, 6) is 0. The number of rotatable bonds is 0. The summed E-state index contributed by atoms with van der Waals surface area (Å²) in [6.45, 7) is 0. The first kappa shape index (κ1) is 7.13. The van der Waals surface area contributed by atoms with Crippen LogP contribution in [0, 0.1) is 0 Å². The predicted octanol–water partition coefficient (Wildman–Crippen LogP) is 2.72. The quantitative estimate of drug-likeness (QED) is 0.630. The third kappa shape index (κ3) is 1.14. The van der Waals surface area contributed by atoms with Crippen molar-refractivity contribution in [2.75, 3.05) is 0 Å². The fourth-order valence-corrected chi connectivity index (χ4v) is 1.77. The number of aromatic nitrogens is 1. The minimum Gasteiger partial charge on any atom is -0.253 e. The molecular formula is C7H3BrClN2. The number of fused-ring (bicyclic) bond motifs is 1. The number of hydrogen-bond donors (Lipinski definition) is 0. The Morgan fingerprint density at radius 2 is 2.27 bits per heavy atom. The van der Waals surface area contributed by atoms with E-state index in [0.717, 1.165) is 11.3 Å². The number of nitrogens with zero attached hydrogens (tertiary/aromatic N) is 2. The fraction of sp³-hybridized carbons (Fsp3) is 0. The zero-order valence-electron chi connectivity index (χ0n) is 5.38. The van der Waals surface area contributed by atoms with Gasteiger partial charge in [-0.3, -0.25) is 5.32 Å². The molecule has 0 unspecified atom stereocenters. The Morgan fingerprint density at radius 1 is 1.45 bits per heavy atom. The van der Waals surface area contributed by atoms with E-state index in [9.17, 15) is 0 Å². The molecule has 1 aliphatic rings. The van der Waals surface area contributed by atoms with Crippen molar-refractivity contribution in [1.29, 1.82) is 0 Å². The number of halogens is 2. The lowest BCUT2D eigenvalue weighted by Crippen LogP contribution is -1.87. The molecular weight excluding hydrogens is 227 g/mol. The van der Waals surface area contributed by atoms with Crippen LogP contribution in [0.15, 0.2) is 16.9 Å². The highest BCUT2D eigenvalue weighted by Gasteiger charge is 2.11. The molecule has 0 bridgehead atoms. The molecule has 55 valence electrons. The molecule has 0 N–H and O–H groups in total. The summed E-state index contributed by atoms with van der Waals surface area (Å²) in [7, 11) is 0. The van der Waals surface area contributed by atoms with Crippen molar-refractivity contribution in [1.82, 2.24) is 10.3 Å². The largest absolute Gasteiger partial charge is 0.253 e.